The number of carboxylic acid groups (broad SMARTS) is 1. The smallest absolute Gasteiger partial charge is 0.543 e. The molecule has 0 saturated carbocycles. The number of anilines is 1. The summed E-state index contributed by atoms with van der Waals surface area (Å²) < 4.78 is 10.4. The minimum absolute atomic E-state index is 0. The van der Waals surface area contributed by atoms with E-state index in [4.69, 9.17) is 32.7 Å². The van der Waals surface area contributed by atoms with Crippen LogP contribution in [0.3, 0.4) is 0 Å². The number of aromatic nitrogens is 2. The van der Waals surface area contributed by atoms with Crippen LogP contribution in [0.2, 0.25) is 10.3 Å². The number of carbonyl (C=O) groups excluding carboxylic acids is 1. The van der Waals surface area contributed by atoms with Gasteiger partial charge in [-0.2, -0.15) is 4.98 Å². The first kappa shape index (κ1) is 18.5. The van der Waals surface area contributed by atoms with Gasteiger partial charge in [-0.05, 0) is 18.5 Å². The van der Waals surface area contributed by atoms with Gasteiger partial charge in [0.25, 0.3) is 0 Å². The molecule has 1 saturated heterocycles. The van der Waals surface area contributed by atoms with E-state index in [1.165, 1.54) is 0 Å². The largest absolute Gasteiger partial charge is 1.00 e. The van der Waals surface area contributed by atoms with E-state index < -0.39 is 11.7 Å². The molecule has 1 unspecified atom stereocenters. The van der Waals surface area contributed by atoms with Crippen LogP contribution in [-0.2, 0) is 9.47 Å². The second-order valence-corrected chi connectivity index (χ2v) is 5.05. The van der Waals surface area contributed by atoms with E-state index in [0.29, 0.717) is 13.2 Å². The Morgan fingerprint density at radius 1 is 1.57 bits per heavy atom. The Kier molecular flexibility index (Phi) is 7.20. The molecule has 2 heterocycles. The van der Waals surface area contributed by atoms with Crippen LogP contribution in [0.25, 0.3) is 0 Å². The third-order valence-corrected chi connectivity index (χ3v) is 3.00. The van der Waals surface area contributed by atoms with E-state index in [-0.39, 0.29) is 47.1 Å². The molecule has 0 aromatic carbocycles. The Morgan fingerprint density at radius 3 is 2.81 bits per heavy atom. The quantitative estimate of drug-likeness (QED) is 0.332. The zero-order chi connectivity index (χ0) is 14.7. The van der Waals surface area contributed by atoms with E-state index in [0.717, 1.165) is 6.61 Å². The Morgan fingerprint density at radius 2 is 2.24 bits per heavy atom. The van der Waals surface area contributed by atoms with Gasteiger partial charge in [-0.25, -0.2) is 4.98 Å². The molecule has 0 spiro atoms. The summed E-state index contributed by atoms with van der Waals surface area (Å²) in [6.45, 7) is 3.47. The molecule has 0 aliphatic carbocycles. The number of hydrogen-bond acceptors (Lipinski definition) is 7. The number of epoxide rings is 1. The second-order valence-electron chi connectivity index (χ2n) is 4.33. The standard InChI is InChI=1S/C11H13Cl2N3O4.Li/c1-5(2-19-3-6-4-20-6)14-9-7(12)8(10(17)18)15-11(13)16-9;/h5-6H,2-4H2,1H3,(H,17,18)(H,14,15,16);/q;+1/p-1/t5?,6-;/m1./s1. The number of rotatable bonds is 7. The van der Waals surface area contributed by atoms with E-state index >= 15 is 0 Å². The molecule has 0 radical (unpaired) electrons. The van der Waals surface area contributed by atoms with Gasteiger partial charge in [0.2, 0.25) is 5.28 Å². The van der Waals surface area contributed by atoms with E-state index in [2.05, 4.69) is 15.3 Å². The summed E-state index contributed by atoms with van der Waals surface area (Å²) in [5, 5.41) is 13.4. The first-order valence-corrected chi connectivity index (χ1v) is 6.63. The van der Waals surface area contributed by atoms with Crippen molar-refractivity contribution in [2.24, 2.45) is 0 Å². The molecule has 1 aromatic heterocycles. The van der Waals surface area contributed by atoms with Crippen LogP contribution in [0.1, 0.15) is 17.4 Å². The SMILES string of the molecule is CC(COC[C@@H]1CO1)Nc1nc(Cl)nc(C(=O)[O-])c1Cl.[Li+]. The van der Waals surface area contributed by atoms with Gasteiger partial charge in [-0.15, -0.1) is 0 Å². The Hall–Kier alpha value is -0.553. The van der Waals surface area contributed by atoms with Crippen molar-refractivity contribution in [2.75, 3.05) is 25.1 Å². The minimum atomic E-state index is -1.52. The van der Waals surface area contributed by atoms with Crippen LogP contribution in [0.4, 0.5) is 5.82 Å². The van der Waals surface area contributed by atoms with Crippen LogP contribution < -0.4 is 29.3 Å². The number of ether oxygens (including phenoxy) is 2. The second kappa shape index (κ2) is 8.18. The summed E-state index contributed by atoms with van der Waals surface area (Å²) in [7, 11) is 0. The third kappa shape index (κ3) is 5.62. The first-order chi connectivity index (χ1) is 9.47. The topological polar surface area (TPSA) is 99.7 Å². The number of nitrogens with one attached hydrogen (secondary N) is 1. The maximum absolute atomic E-state index is 10.9. The molecule has 0 amide bonds. The fourth-order valence-corrected chi connectivity index (χ4v) is 1.85. The molecule has 1 aromatic rings. The Balaban J connectivity index is 0.00000220. The summed E-state index contributed by atoms with van der Waals surface area (Å²) in [5.74, 6) is -1.39. The molecule has 7 nitrogen and oxygen atoms in total. The molecule has 10 heteroatoms. The van der Waals surface area contributed by atoms with Gasteiger partial charge in [0.05, 0.1) is 25.8 Å². The number of carboxylic acids is 1. The monoisotopic (exact) mass is 327 g/mol. The maximum Gasteiger partial charge on any atom is 1.00 e. The van der Waals surface area contributed by atoms with Crippen molar-refractivity contribution in [1.82, 2.24) is 9.97 Å². The van der Waals surface area contributed by atoms with Crippen molar-refractivity contribution in [3.8, 4) is 0 Å². The molecule has 2 atom stereocenters. The van der Waals surface area contributed by atoms with Crippen molar-refractivity contribution in [3.63, 3.8) is 0 Å². The number of hydrogen-bond donors (Lipinski definition) is 1. The molecular formula is C11H12Cl2LiN3O4. The zero-order valence-electron chi connectivity index (χ0n) is 11.6. The van der Waals surface area contributed by atoms with Crippen LogP contribution in [0.5, 0.6) is 0 Å². The van der Waals surface area contributed by atoms with E-state index in [9.17, 15) is 9.90 Å². The number of nitrogens with zero attached hydrogens (tertiary/aromatic N) is 2. The van der Waals surface area contributed by atoms with Crippen molar-refractivity contribution >= 4 is 35.0 Å². The summed E-state index contributed by atoms with van der Waals surface area (Å²) in [6, 6.07) is -0.146. The van der Waals surface area contributed by atoms with Crippen molar-refractivity contribution in [2.45, 2.75) is 19.1 Å². The van der Waals surface area contributed by atoms with Crippen LogP contribution >= 0.6 is 23.2 Å². The fraction of sp³-hybridized carbons (Fsp3) is 0.545. The third-order valence-electron chi connectivity index (χ3n) is 2.47. The zero-order valence-corrected chi connectivity index (χ0v) is 13.1. The maximum atomic E-state index is 10.9. The first-order valence-electron chi connectivity index (χ1n) is 5.87. The summed E-state index contributed by atoms with van der Waals surface area (Å²) in [6.07, 6.45) is 0.184. The van der Waals surface area contributed by atoms with Gasteiger partial charge in [0.1, 0.15) is 16.8 Å². The Labute approximate surface area is 143 Å². The van der Waals surface area contributed by atoms with Crippen LogP contribution in [-0.4, -0.2) is 47.9 Å². The molecule has 110 valence electrons. The molecule has 0 bridgehead atoms. The summed E-state index contributed by atoms with van der Waals surface area (Å²) in [4.78, 5) is 18.2. The molecule has 1 N–H and O–H groups in total. The average molecular weight is 328 g/mol. The van der Waals surface area contributed by atoms with Gasteiger partial charge in [0, 0.05) is 6.04 Å². The van der Waals surface area contributed by atoms with Crippen LogP contribution in [0, 0.1) is 0 Å². The number of halogens is 2. The van der Waals surface area contributed by atoms with Gasteiger partial charge >= 0.3 is 18.9 Å². The van der Waals surface area contributed by atoms with Gasteiger partial charge in [-0.1, -0.05) is 11.6 Å². The number of aromatic carboxylic acids is 1. The summed E-state index contributed by atoms with van der Waals surface area (Å²) >= 11 is 11.5. The van der Waals surface area contributed by atoms with Crippen molar-refractivity contribution in [3.05, 3.63) is 16.0 Å². The fourth-order valence-electron chi connectivity index (χ4n) is 1.47. The molecule has 1 aliphatic heterocycles. The van der Waals surface area contributed by atoms with Crippen molar-refractivity contribution < 1.29 is 38.2 Å². The van der Waals surface area contributed by atoms with Gasteiger partial charge in [0.15, 0.2) is 5.82 Å². The van der Waals surface area contributed by atoms with Gasteiger partial charge < -0.3 is 24.7 Å². The molecule has 21 heavy (non-hydrogen) atoms. The molecule has 1 fully saturated rings. The average Bonchev–Trinajstić information content (AvgIpc) is 3.17. The molecule has 1 aliphatic rings. The number of carbonyl (C=O) groups is 1. The Bertz CT molecular complexity index is 516. The normalized spacial score (nSPS) is 17.8. The predicted octanol–water partition coefficient (Wildman–Crippen LogP) is -2.63. The summed E-state index contributed by atoms with van der Waals surface area (Å²) in [5.41, 5.74) is -0.450. The van der Waals surface area contributed by atoms with E-state index in [1.54, 1.807) is 0 Å². The van der Waals surface area contributed by atoms with E-state index in [1.807, 2.05) is 6.92 Å². The van der Waals surface area contributed by atoms with Crippen LogP contribution in [0.15, 0.2) is 0 Å². The molecular weight excluding hydrogens is 316 g/mol. The van der Waals surface area contributed by atoms with Crippen molar-refractivity contribution in [1.29, 1.82) is 0 Å². The molecule has 2 rings (SSSR count). The van der Waals surface area contributed by atoms with Gasteiger partial charge in [-0.3, -0.25) is 0 Å². The predicted molar refractivity (Wildman–Crippen MR) is 70.0 cm³/mol. The minimum Gasteiger partial charge on any atom is -0.543 e.